The summed E-state index contributed by atoms with van der Waals surface area (Å²) in [6.45, 7) is 10.5. The van der Waals surface area contributed by atoms with E-state index in [1.54, 1.807) is 30.6 Å². The molecule has 4 fully saturated rings. The van der Waals surface area contributed by atoms with Gasteiger partial charge >= 0.3 is 0 Å². The van der Waals surface area contributed by atoms with Crippen molar-refractivity contribution in [2.75, 3.05) is 93.6 Å². The van der Waals surface area contributed by atoms with Gasteiger partial charge in [-0.15, -0.1) is 0 Å². The number of benzene rings is 4. The Kier molecular flexibility index (Phi) is 17.7. The number of carbonyl (C=O) groups excluding carboxylic acids is 2. The maximum atomic E-state index is 13.6. The fourth-order valence-electron chi connectivity index (χ4n) is 8.75. The second-order valence-corrected chi connectivity index (χ2v) is 19.0. The van der Waals surface area contributed by atoms with Crippen LogP contribution in [0.15, 0.2) is 110 Å². The van der Waals surface area contributed by atoms with Gasteiger partial charge in [-0.25, -0.2) is 24.3 Å². The monoisotopic (exact) mass is 1010 g/mol. The number of aromatic nitrogens is 4. The SMILES string of the molecule is C[C@@H](Nc1ncnc2cc(OC3CCCC3)c(NC(=O)/C=C/CN3CCOCC3)cc12)c1ccccc1.O=C(/C=C/CN1CCOCC1)Nc1cc2c(Nc3ccc(F)c(Cl)c3)ncnc2cc1OCC1CC1. The van der Waals surface area contributed by atoms with Crippen LogP contribution in [0.25, 0.3) is 21.8 Å². The van der Waals surface area contributed by atoms with Crippen molar-refractivity contribution in [3.05, 3.63) is 126 Å². The van der Waals surface area contributed by atoms with E-state index in [4.69, 9.17) is 30.5 Å². The molecule has 73 heavy (non-hydrogen) atoms. The Morgan fingerprint density at radius 3 is 1.92 bits per heavy atom. The van der Waals surface area contributed by atoms with Crippen LogP contribution in [0, 0.1) is 11.7 Å². The van der Waals surface area contributed by atoms with Gasteiger partial charge < -0.3 is 40.2 Å². The highest BCUT2D eigenvalue weighted by atomic mass is 35.5. The summed E-state index contributed by atoms with van der Waals surface area (Å²) in [7, 11) is 0. The summed E-state index contributed by atoms with van der Waals surface area (Å²) in [6, 6.07) is 22.1. The first-order valence-corrected chi connectivity index (χ1v) is 25.5. The van der Waals surface area contributed by atoms with Gasteiger partial charge in [0.05, 0.1) is 66.6 Å². The Balaban J connectivity index is 0.000000180. The standard InChI is InChI=1S/C29H35N5O3.C26H27ClFN5O3/c1-21(22-8-3-2-4-9-22)32-29-24-18-26(33-28(35)12-7-13-34-14-16-36-17-15-34)27(19-25(24)30-20-31-29)37-23-10-5-6-11-23;27-20-12-18(5-6-21(20)28)31-26-19-13-23(32-25(34)2-1-7-33-8-10-35-11-9-33)24(36-15-17-3-4-17)14-22(19)29-16-30-26/h2-4,7-9,12,18-21,23H,5-6,10-11,13-17H2,1H3,(H,33,35)(H,30,31,32);1-2,5-6,12-14,16-17H,3-4,7-11,15H2,(H,32,34)(H,29,30,31)/b12-7+;2-1+/t21-;/m1./s1. The molecule has 4 N–H and O–H groups in total. The maximum absolute atomic E-state index is 13.6. The van der Waals surface area contributed by atoms with Crippen LogP contribution in [0.2, 0.25) is 5.02 Å². The van der Waals surface area contributed by atoms with Crippen molar-refractivity contribution in [2.45, 2.75) is 57.6 Å². The molecule has 18 heteroatoms. The minimum absolute atomic E-state index is 0.00550. The Labute approximate surface area is 429 Å². The number of anilines is 5. The largest absolute Gasteiger partial charge is 0.491 e. The summed E-state index contributed by atoms with van der Waals surface area (Å²) in [6.07, 6.45) is 16.7. The molecule has 10 rings (SSSR count). The number of halogens is 2. The van der Waals surface area contributed by atoms with Gasteiger partial charge in [-0.2, -0.15) is 0 Å². The summed E-state index contributed by atoms with van der Waals surface area (Å²) >= 11 is 5.93. The van der Waals surface area contributed by atoms with Crippen LogP contribution < -0.4 is 30.7 Å². The zero-order valence-corrected chi connectivity index (χ0v) is 41.8. The molecule has 4 aromatic carbocycles. The maximum Gasteiger partial charge on any atom is 0.248 e. The molecule has 0 radical (unpaired) electrons. The van der Waals surface area contributed by atoms with E-state index in [-0.39, 0.29) is 29.0 Å². The normalized spacial score (nSPS) is 17.1. The summed E-state index contributed by atoms with van der Waals surface area (Å²) in [5, 5.41) is 14.2. The number of hydrogen-bond acceptors (Lipinski definition) is 14. The average Bonchev–Trinajstić information content (AvgIpc) is 4.10. The van der Waals surface area contributed by atoms with Gasteiger partial charge in [0.2, 0.25) is 11.8 Å². The van der Waals surface area contributed by atoms with Crippen molar-refractivity contribution < 1.29 is 32.9 Å². The molecule has 0 unspecified atom stereocenters. The van der Waals surface area contributed by atoms with Crippen LogP contribution in [-0.4, -0.2) is 120 Å². The number of hydrogen-bond donors (Lipinski definition) is 4. The van der Waals surface area contributed by atoms with E-state index in [2.05, 4.69) is 70.1 Å². The molecule has 6 aromatic rings. The topological polar surface area (TPSA) is 177 Å². The summed E-state index contributed by atoms with van der Waals surface area (Å²) in [5.41, 5.74) is 4.31. The van der Waals surface area contributed by atoms with Crippen molar-refractivity contribution in [1.82, 2.24) is 29.7 Å². The number of amides is 2. The molecule has 2 saturated heterocycles. The van der Waals surface area contributed by atoms with E-state index in [9.17, 15) is 14.0 Å². The number of fused-ring (bicyclic) bond motifs is 2. The smallest absolute Gasteiger partial charge is 0.248 e. The van der Waals surface area contributed by atoms with Crippen molar-refractivity contribution in [3.8, 4) is 11.5 Å². The fraction of sp³-hybridized carbons (Fsp3) is 0.382. The molecule has 0 bridgehead atoms. The summed E-state index contributed by atoms with van der Waals surface area (Å²) < 4.78 is 36.8. The molecule has 2 saturated carbocycles. The molecule has 2 aromatic heterocycles. The quantitative estimate of drug-likeness (QED) is 0.0599. The molecule has 2 aliphatic carbocycles. The number of ether oxygens (including phenoxy) is 4. The second-order valence-electron chi connectivity index (χ2n) is 18.6. The predicted octanol–water partition coefficient (Wildman–Crippen LogP) is 9.73. The van der Waals surface area contributed by atoms with E-state index in [1.165, 1.54) is 24.5 Å². The van der Waals surface area contributed by atoms with Gasteiger partial charge in [-0.3, -0.25) is 19.4 Å². The van der Waals surface area contributed by atoms with E-state index in [0.29, 0.717) is 83.4 Å². The molecule has 382 valence electrons. The highest BCUT2D eigenvalue weighted by molar-refractivity contribution is 6.31. The molecule has 2 aliphatic heterocycles. The first-order valence-electron chi connectivity index (χ1n) is 25.2. The number of nitrogens with zero attached hydrogens (tertiary/aromatic N) is 6. The lowest BCUT2D eigenvalue weighted by atomic mass is 10.1. The number of rotatable bonds is 18. The molecule has 4 aliphatic rings. The Morgan fingerprint density at radius 1 is 0.740 bits per heavy atom. The average molecular weight is 1010 g/mol. The zero-order valence-electron chi connectivity index (χ0n) is 41.0. The van der Waals surface area contributed by atoms with Crippen LogP contribution in [0.5, 0.6) is 11.5 Å². The number of carbonyl (C=O) groups is 2. The lowest BCUT2D eigenvalue weighted by Gasteiger charge is -2.25. The van der Waals surface area contributed by atoms with Crippen LogP contribution in [0.4, 0.5) is 33.1 Å². The fourth-order valence-corrected chi connectivity index (χ4v) is 8.93. The molecular formula is C55H62ClFN10O6. The minimum atomic E-state index is -0.501. The van der Waals surface area contributed by atoms with Gasteiger partial charge in [0, 0.05) is 86.1 Å². The molecule has 0 spiro atoms. The van der Waals surface area contributed by atoms with Crippen LogP contribution in [0.1, 0.15) is 57.1 Å². The van der Waals surface area contributed by atoms with Crippen LogP contribution in [0.3, 0.4) is 0 Å². The van der Waals surface area contributed by atoms with Crippen molar-refractivity contribution in [3.63, 3.8) is 0 Å². The number of morpholine rings is 2. The first kappa shape index (κ1) is 51.2. The van der Waals surface area contributed by atoms with Crippen molar-refractivity contribution in [1.29, 1.82) is 0 Å². The minimum Gasteiger partial charge on any atom is -0.491 e. The summed E-state index contributed by atoms with van der Waals surface area (Å²) in [5.74, 6) is 2.02. The van der Waals surface area contributed by atoms with E-state index < -0.39 is 5.82 Å². The Hall–Kier alpha value is -6.76. The molecule has 4 heterocycles. The lowest BCUT2D eigenvalue weighted by Crippen LogP contribution is -2.36. The molecule has 1 atom stereocenters. The third kappa shape index (κ3) is 14.7. The van der Waals surface area contributed by atoms with Crippen molar-refractivity contribution >= 4 is 73.9 Å². The van der Waals surface area contributed by atoms with Gasteiger partial charge in [-0.1, -0.05) is 54.1 Å². The van der Waals surface area contributed by atoms with Gasteiger partial charge in [0.15, 0.2) is 0 Å². The molecular weight excluding hydrogens is 951 g/mol. The highest BCUT2D eigenvalue weighted by Crippen LogP contribution is 2.38. The van der Waals surface area contributed by atoms with Gasteiger partial charge in [0.1, 0.15) is 41.6 Å². The van der Waals surface area contributed by atoms with Gasteiger partial charge in [-0.05, 0) is 87.3 Å². The van der Waals surface area contributed by atoms with E-state index in [1.807, 2.05) is 42.5 Å². The van der Waals surface area contributed by atoms with E-state index >= 15 is 0 Å². The number of nitrogens with one attached hydrogen (secondary N) is 4. The Morgan fingerprint density at radius 2 is 1.32 bits per heavy atom. The lowest BCUT2D eigenvalue weighted by molar-refractivity contribution is -0.112. The summed E-state index contributed by atoms with van der Waals surface area (Å²) in [4.78, 5) is 47.9. The molecule has 16 nitrogen and oxygen atoms in total. The third-order valence-electron chi connectivity index (χ3n) is 13.1. The highest BCUT2D eigenvalue weighted by Gasteiger charge is 2.24. The van der Waals surface area contributed by atoms with Crippen LogP contribution >= 0.6 is 11.6 Å². The predicted molar refractivity (Wildman–Crippen MR) is 283 cm³/mol. The Bertz CT molecular complexity index is 2890. The van der Waals surface area contributed by atoms with Crippen LogP contribution in [-0.2, 0) is 19.1 Å². The zero-order chi connectivity index (χ0) is 50.4. The second kappa shape index (κ2) is 25.3. The third-order valence-corrected chi connectivity index (χ3v) is 13.4. The van der Waals surface area contributed by atoms with Crippen molar-refractivity contribution in [2.24, 2.45) is 5.92 Å². The first-order chi connectivity index (χ1) is 35.7. The van der Waals surface area contributed by atoms with Gasteiger partial charge in [0.25, 0.3) is 0 Å². The molecule has 2 amide bonds. The van der Waals surface area contributed by atoms with E-state index in [0.717, 1.165) is 101 Å².